The van der Waals surface area contributed by atoms with E-state index in [1.54, 1.807) is 6.92 Å². The highest BCUT2D eigenvalue weighted by Gasteiger charge is 2.30. The predicted octanol–water partition coefficient (Wildman–Crippen LogP) is -0.0407. The number of aromatic nitrogens is 1. The van der Waals surface area contributed by atoms with Crippen LogP contribution < -0.4 is 5.73 Å². The van der Waals surface area contributed by atoms with Crippen LogP contribution in [-0.2, 0) is 9.53 Å². The van der Waals surface area contributed by atoms with Crippen molar-refractivity contribution in [1.29, 1.82) is 0 Å². The van der Waals surface area contributed by atoms with Gasteiger partial charge >= 0.3 is 5.97 Å². The Bertz CT molecular complexity index is 487. The molecule has 1 fully saturated rings. The van der Waals surface area contributed by atoms with E-state index in [-0.39, 0.29) is 19.1 Å². The molecule has 0 saturated carbocycles. The van der Waals surface area contributed by atoms with Gasteiger partial charge in [0.05, 0.1) is 18.8 Å². The summed E-state index contributed by atoms with van der Waals surface area (Å²) in [6, 6.07) is 0. The minimum absolute atomic E-state index is 0.0470. The molecule has 18 heavy (non-hydrogen) atoms. The first kappa shape index (κ1) is 12.8. The van der Waals surface area contributed by atoms with Gasteiger partial charge in [-0.3, -0.25) is 4.79 Å². The zero-order valence-corrected chi connectivity index (χ0v) is 10.6. The Balaban J connectivity index is 2.14. The number of hydrogen-bond acceptors (Lipinski definition) is 6. The average Bonchev–Trinajstić information content (AvgIpc) is 2.67. The van der Waals surface area contributed by atoms with Crippen molar-refractivity contribution in [1.82, 2.24) is 9.88 Å². The zero-order valence-electron chi connectivity index (χ0n) is 9.75. The number of amides is 1. The summed E-state index contributed by atoms with van der Waals surface area (Å²) in [6.45, 7) is 2.34. The van der Waals surface area contributed by atoms with Gasteiger partial charge in [0, 0.05) is 6.54 Å². The van der Waals surface area contributed by atoms with Crippen molar-refractivity contribution in [2.24, 2.45) is 0 Å². The molecule has 8 heteroatoms. The van der Waals surface area contributed by atoms with Crippen LogP contribution in [0.4, 0.5) is 5.13 Å². The number of carbonyl (C=O) groups is 2. The topological polar surface area (TPSA) is 106 Å². The molecule has 98 valence electrons. The van der Waals surface area contributed by atoms with Crippen LogP contribution in [0.25, 0.3) is 0 Å². The van der Waals surface area contributed by atoms with Gasteiger partial charge in [-0.15, -0.1) is 0 Å². The number of morpholine rings is 1. The fourth-order valence-electron chi connectivity index (χ4n) is 1.74. The van der Waals surface area contributed by atoms with Gasteiger partial charge in [0.2, 0.25) is 0 Å². The molecule has 2 rings (SSSR count). The Morgan fingerprint density at radius 2 is 2.33 bits per heavy atom. The number of nitrogen functional groups attached to an aromatic ring is 1. The summed E-state index contributed by atoms with van der Waals surface area (Å²) in [5.74, 6) is -1.30. The van der Waals surface area contributed by atoms with Gasteiger partial charge in [-0.2, -0.15) is 0 Å². The molecule has 1 aliphatic rings. The lowest BCUT2D eigenvalue weighted by molar-refractivity contribution is -0.154. The zero-order chi connectivity index (χ0) is 13.3. The molecule has 3 N–H and O–H groups in total. The summed E-state index contributed by atoms with van der Waals surface area (Å²) in [6.07, 6.45) is -0.965. The second kappa shape index (κ2) is 4.91. The van der Waals surface area contributed by atoms with Crippen molar-refractivity contribution >= 4 is 28.3 Å². The van der Waals surface area contributed by atoms with Crippen LogP contribution in [0, 0.1) is 6.92 Å². The van der Waals surface area contributed by atoms with Crippen molar-refractivity contribution in [3.8, 4) is 0 Å². The number of hydrogen-bond donors (Lipinski definition) is 2. The molecule has 0 aromatic carbocycles. The number of aryl methyl sites for hydroxylation is 1. The highest BCUT2D eigenvalue weighted by atomic mass is 32.1. The summed E-state index contributed by atoms with van der Waals surface area (Å²) in [4.78, 5) is 28.9. The number of nitrogens with zero attached hydrogens (tertiary/aromatic N) is 2. The third-order valence-corrected chi connectivity index (χ3v) is 3.61. The maximum Gasteiger partial charge on any atom is 0.334 e. The molecule has 0 radical (unpaired) electrons. The Hall–Kier alpha value is -1.67. The Kier molecular flexibility index (Phi) is 3.48. The summed E-state index contributed by atoms with van der Waals surface area (Å²) >= 11 is 1.11. The molecule has 0 spiro atoms. The molecular formula is C10H13N3O4S. The molecular weight excluding hydrogens is 258 g/mol. The van der Waals surface area contributed by atoms with E-state index in [0.29, 0.717) is 22.2 Å². The monoisotopic (exact) mass is 271 g/mol. The number of carboxylic acids is 1. The Labute approximate surface area is 107 Å². The fraction of sp³-hybridized carbons (Fsp3) is 0.500. The highest BCUT2D eigenvalue weighted by Crippen LogP contribution is 2.22. The lowest BCUT2D eigenvalue weighted by Gasteiger charge is -2.30. The number of ether oxygens (including phenoxy) is 1. The van der Waals surface area contributed by atoms with E-state index in [2.05, 4.69) is 4.98 Å². The summed E-state index contributed by atoms with van der Waals surface area (Å²) in [5, 5.41) is 9.21. The van der Waals surface area contributed by atoms with Gasteiger partial charge in [-0.1, -0.05) is 11.3 Å². The third kappa shape index (κ3) is 2.44. The average molecular weight is 271 g/mol. The number of nitrogens with two attached hydrogens (primary N) is 1. The molecule has 0 aliphatic carbocycles. The van der Waals surface area contributed by atoms with Gasteiger partial charge in [-0.25, -0.2) is 9.78 Å². The molecule has 1 aromatic rings. The van der Waals surface area contributed by atoms with Crippen molar-refractivity contribution in [3.63, 3.8) is 0 Å². The Morgan fingerprint density at radius 1 is 1.61 bits per heavy atom. The van der Waals surface area contributed by atoms with Crippen LogP contribution in [0.15, 0.2) is 0 Å². The number of anilines is 1. The first-order valence-corrected chi connectivity index (χ1v) is 6.17. The van der Waals surface area contributed by atoms with E-state index in [1.807, 2.05) is 0 Å². The molecule has 1 atom stereocenters. The quantitative estimate of drug-likeness (QED) is 0.781. The van der Waals surface area contributed by atoms with E-state index in [4.69, 9.17) is 15.6 Å². The summed E-state index contributed by atoms with van der Waals surface area (Å²) in [5.41, 5.74) is 6.11. The van der Waals surface area contributed by atoms with Gasteiger partial charge < -0.3 is 20.5 Å². The highest BCUT2D eigenvalue weighted by molar-refractivity contribution is 7.17. The third-order valence-electron chi connectivity index (χ3n) is 2.64. The van der Waals surface area contributed by atoms with Crippen LogP contribution >= 0.6 is 11.3 Å². The van der Waals surface area contributed by atoms with Crippen molar-refractivity contribution in [2.45, 2.75) is 13.0 Å². The van der Waals surface area contributed by atoms with E-state index >= 15 is 0 Å². The maximum absolute atomic E-state index is 12.2. The molecule has 1 amide bonds. The van der Waals surface area contributed by atoms with E-state index in [0.717, 1.165) is 11.3 Å². The minimum Gasteiger partial charge on any atom is -0.479 e. The number of rotatable bonds is 2. The largest absolute Gasteiger partial charge is 0.479 e. The first-order chi connectivity index (χ1) is 8.49. The van der Waals surface area contributed by atoms with Crippen molar-refractivity contribution < 1.29 is 19.4 Å². The summed E-state index contributed by atoms with van der Waals surface area (Å²) in [7, 11) is 0. The SMILES string of the molecule is Cc1nc(N)sc1C(=O)N1CCOC(C(=O)O)C1. The van der Waals surface area contributed by atoms with Crippen molar-refractivity contribution in [2.75, 3.05) is 25.4 Å². The number of carboxylic acid groups (broad SMARTS) is 1. The second-order valence-corrected chi connectivity index (χ2v) is 4.95. The van der Waals surface area contributed by atoms with Gasteiger partial charge in [0.25, 0.3) is 5.91 Å². The van der Waals surface area contributed by atoms with E-state index < -0.39 is 12.1 Å². The smallest absolute Gasteiger partial charge is 0.334 e. The van der Waals surface area contributed by atoms with Gasteiger partial charge in [0.1, 0.15) is 4.88 Å². The number of aliphatic carboxylic acids is 1. The fourth-order valence-corrected chi connectivity index (χ4v) is 2.54. The molecule has 0 bridgehead atoms. The van der Waals surface area contributed by atoms with Crippen LogP contribution in [0.3, 0.4) is 0 Å². The minimum atomic E-state index is -1.06. The van der Waals surface area contributed by atoms with Crippen LogP contribution in [0.5, 0.6) is 0 Å². The molecule has 1 aliphatic heterocycles. The standard InChI is InChI=1S/C10H13N3O4S/c1-5-7(18-10(11)12-5)8(14)13-2-3-17-6(4-13)9(15)16/h6H,2-4H2,1H3,(H2,11,12)(H,15,16). The molecule has 2 heterocycles. The van der Waals surface area contributed by atoms with E-state index in [1.165, 1.54) is 4.90 Å². The van der Waals surface area contributed by atoms with Gasteiger partial charge in [0.15, 0.2) is 11.2 Å². The second-order valence-electron chi connectivity index (χ2n) is 3.92. The normalized spacial score (nSPS) is 19.8. The number of carbonyl (C=O) groups excluding carboxylic acids is 1. The Morgan fingerprint density at radius 3 is 2.89 bits per heavy atom. The number of thiazole rings is 1. The van der Waals surface area contributed by atoms with E-state index in [9.17, 15) is 9.59 Å². The lowest BCUT2D eigenvalue weighted by Crippen LogP contribution is -2.48. The summed E-state index contributed by atoms with van der Waals surface area (Å²) < 4.78 is 5.06. The predicted molar refractivity (Wildman–Crippen MR) is 64.5 cm³/mol. The van der Waals surface area contributed by atoms with Crippen LogP contribution in [-0.4, -0.2) is 52.7 Å². The van der Waals surface area contributed by atoms with Crippen LogP contribution in [0.1, 0.15) is 15.4 Å². The van der Waals surface area contributed by atoms with Crippen molar-refractivity contribution in [3.05, 3.63) is 10.6 Å². The van der Waals surface area contributed by atoms with Gasteiger partial charge in [-0.05, 0) is 6.92 Å². The molecule has 1 aromatic heterocycles. The molecule has 7 nitrogen and oxygen atoms in total. The molecule has 1 saturated heterocycles. The molecule has 1 unspecified atom stereocenters. The maximum atomic E-state index is 12.2. The van der Waals surface area contributed by atoms with Crippen LogP contribution in [0.2, 0.25) is 0 Å². The first-order valence-electron chi connectivity index (χ1n) is 5.35. The lowest BCUT2D eigenvalue weighted by atomic mass is 10.2.